The Morgan fingerprint density at radius 1 is 0.950 bits per heavy atom. The van der Waals surface area contributed by atoms with E-state index in [4.69, 9.17) is 15.1 Å². The maximum absolute atomic E-state index is 12.8. The normalized spacial score (nSPS) is 12.7. The fourth-order valence-corrected chi connectivity index (χ4v) is 1.01. The molecule has 0 aromatic heterocycles. The Hall–Kier alpha value is -0.440. The predicted molar refractivity (Wildman–Crippen MR) is 59.8 cm³/mol. The molecule has 0 spiro atoms. The molecular weight excluding hydrogens is 357 g/mol. The third kappa shape index (κ3) is 5.51. The lowest BCUT2D eigenvalue weighted by Crippen LogP contribution is -2.13. The minimum atomic E-state index is -3.69. The van der Waals surface area contributed by atoms with Crippen molar-refractivity contribution in [2.24, 2.45) is 0 Å². The molecule has 0 heterocycles. The number of benzene rings is 1. The Labute approximate surface area is 118 Å². The fraction of sp³-hybridized carbons (Fsp3) is 0.250. The Bertz CT molecular complexity index is 501. The first-order valence-corrected chi connectivity index (χ1v) is 7.91. The molecule has 116 valence electrons. The van der Waals surface area contributed by atoms with E-state index in [2.05, 4.69) is 22.5 Å². The van der Waals surface area contributed by atoms with Crippen molar-refractivity contribution in [3.63, 3.8) is 0 Å². The van der Waals surface area contributed by atoms with Crippen molar-refractivity contribution < 1.29 is 41.6 Å². The second-order valence-electron chi connectivity index (χ2n) is 3.12. The molecular formula is C8H6Cl2F5O4P. The first kappa shape index (κ1) is 19.6. The monoisotopic (exact) mass is 362 g/mol. The van der Waals surface area contributed by atoms with Crippen molar-refractivity contribution in [1.82, 2.24) is 0 Å². The van der Waals surface area contributed by atoms with Crippen LogP contribution in [0.15, 0.2) is 0 Å². The van der Waals surface area contributed by atoms with Gasteiger partial charge in [0.25, 0.3) is 0 Å². The molecule has 0 fully saturated rings. The summed E-state index contributed by atoms with van der Waals surface area (Å²) >= 11 is 8.81. The van der Waals surface area contributed by atoms with Crippen molar-refractivity contribution in [3.05, 3.63) is 34.6 Å². The molecule has 0 amide bonds. The SMILES string of the molecule is O=P(O)(Cl)Cl.OCC(O)c1c(F)c(F)c(F)c(F)c1F. The third-order valence-corrected chi connectivity index (χ3v) is 1.75. The van der Waals surface area contributed by atoms with Crippen LogP contribution in [0.3, 0.4) is 0 Å². The Balaban J connectivity index is 0.000000621. The summed E-state index contributed by atoms with van der Waals surface area (Å²) in [4.78, 5) is 7.61. The molecule has 0 radical (unpaired) electrons. The summed E-state index contributed by atoms with van der Waals surface area (Å²) in [6, 6.07) is 0. The Morgan fingerprint density at radius 3 is 1.45 bits per heavy atom. The number of hydrogen-bond donors (Lipinski definition) is 3. The zero-order valence-corrected chi connectivity index (χ0v) is 11.5. The van der Waals surface area contributed by atoms with Gasteiger partial charge in [0, 0.05) is 0 Å². The number of rotatable bonds is 2. The lowest BCUT2D eigenvalue weighted by atomic mass is 10.1. The standard InChI is InChI=1S/C8H5F5O2.Cl2HO2P/c9-4-3(2(15)1-14)5(10)7(12)8(13)6(4)11;1-5(2,3)4/h2,14-15H,1H2;(H,3,4). The first-order valence-electron chi connectivity index (χ1n) is 4.44. The van der Waals surface area contributed by atoms with Gasteiger partial charge < -0.3 is 15.1 Å². The average Bonchev–Trinajstić information content (AvgIpc) is 2.32. The summed E-state index contributed by atoms with van der Waals surface area (Å²) in [5.41, 5.74) is -1.44. The molecule has 0 saturated heterocycles. The van der Waals surface area contributed by atoms with Crippen molar-refractivity contribution in [1.29, 1.82) is 0 Å². The highest BCUT2D eigenvalue weighted by molar-refractivity contribution is 8.04. The highest BCUT2D eigenvalue weighted by atomic mass is 35.9. The molecule has 20 heavy (non-hydrogen) atoms. The summed E-state index contributed by atoms with van der Waals surface area (Å²) in [5.74, 6) is -10.9. The molecule has 0 aliphatic carbocycles. The van der Waals surface area contributed by atoms with Gasteiger partial charge in [-0.3, -0.25) is 4.57 Å². The summed E-state index contributed by atoms with van der Waals surface area (Å²) in [6.45, 7) is -1.15. The molecule has 4 nitrogen and oxygen atoms in total. The van der Waals surface area contributed by atoms with Gasteiger partial charge in [0.05, 0.1) is 12.2 Å². The smallest absolute Gasteiger partial charge is 0.377 e. The van der Waals surface area contributed by atoms with Gasteiger partial charge in [0.1, 0.15) is 6.10 Å². The largest absolute Gasteiger partial charge is 0.393 e. The maximum Gasteiger partial charge on any atom is 0.377 e. The first-order chi connectivity index (χ1) is 8.91. The zero-order valence-electron chi connectivity index (χ0n) is 9.13. The van der Waals surface area contributed by atoms with Crippen LogP contribution in [-0.2, 0) is 4.57 Å². The average molecular weight is 363 g/mol. The van der Waals surface area contributed by atoms with Gasteiger partial charge in [-0.05, 0) is 22.5 Å². The fourth-order valence-electron chi connectivity index (χ4n) is 1.01. The summed E-state index contributed by atoms with van der Waals surface area (Å²) < 4.78 is 72.6. The van der Waals surface area contributed by atoms with Crippen molar-refractivity contribution in [2.45, 2.75) is 6.10 Å². The van der Waals surface area contributed by atoms with E-state index in [1.165, 1.54) is 0 Å². The van der Waals surface area contributed by atoms with Gasteiger partial charge >= 0.3 is 6.07 Å². The van der Waals surface area contributed by atoms with E-state index >= 15 is 0 Å². The van der Waals surface area contributed by atoms with Gasteiger partial charge in [-0.2, -0.15) is 0 Å². The van der Waals surface area contributed by atoms with Crippen LogP contribution in [0.4, 0.5) is 22.0 Å². The second-order valence-corrected chi connectivity index (χ2v) is 7.25. The van der Waals surface area contributed by atoms with Crippen LogP contribution >= 0.6 is 28.6 Å². The predicted octanol–water partition coefficient (Wildman–Crippen LogP) is 2.97. The number of aliphatic hydroxyl groups is 2. The molecule has 0 aliphatic heterocycles. The third-order valence-electron chi connectivity index (χ3n) is 1.75. The molecule has 1 aromatic carbocycles. The minimum absolute atomic E-state index is 1.15. The van der Waals surface area contributed by atoms with E-state index in [1.807, 2.05) is 0 Å². The molecule has 3 N–H and O–H groups in total. The van der Waals surface area contributed by atoms with Crippen LogP contribution in [0.5, 0.6) is 0 Å². The van der Waals surface area contributed by atoms with Crippen LogP contribution in [0.2, 0.25) is 0 Å². The van der Waals surface area contributed by atoms with Gasteiger partial charge in [-0.15, -0.1) is 0 Å². The molecule has 1 atom stereocenters. The molecule has 0 aliphatic rings. The highest BCUT2D eigenvalue weighted by Crippen LogP contribution is 2.51. The van der Waals surface area contributed by atoms with E-state index in [0.29, 0.717) is 0 Å². The summed E-state index contributed by atoms with van der Waals surface area (Å²) in [5, 5.41) is 17.2. The van der Waals surface area contributed by atoms with Gasteiger partial charge in [0.15, 0.2) is 23.3 Å². The summed E-state index contributed by atoms with van der Waals surface area (Å²) in [7, 11) is 0. The zero-order chi connectivity index (χ0) is 16.2. The van der Waals surface area contributed by atoms with Crippen molar-refractivity contribution in [3.8, 4) is 0 Å². The van der Waals surface area contributed by atoms with Crippen LogP contribution in [0.1, 0.15) is 11.7 Å². The van der Waals surface area contributed by atoms with Crippen LogP contribution in [-0.4, -0.2) is 21.7 Å². The Kier molecular flexibility index (Phi) is 7.37. The molecule has 1 aromatic rings. The molecule has 1 rings (SSSR count). The van der Waals surface area contributed by atoms with Crippen LogP contribution < -0.4 is 0 Å². The van der Waals surface area contributed by atoms with E-state index < -0.39 is 53.4 Å². The van der Waals surface area contributed by atoms with E-state index in [0.717, 1.165) is 0 Å². The molecule has 1 unspecified atom stereocenters. The molecule has 0 bridgehead atoms. The summed E-state index contributed by atoms with van der Waals surface area (Å²) in [6.07, 6.45) is -5.85. The molecule has 12 heteroatoms. The van der Waals surface area contributed by atoms with Gasteiger partial charge in [-0.25, -0.2) is 22.0 Å². The number of halogens is 7. The van der Waals surface area contributed by atoms with E-state index in [9.17, 15) is 26.5 Å². The quantitative estimate of drug-likeness (QED) is 0.327. The second kappa shape index (κ2) is 7.53. The number of hydrogen-bond acceptors (Lipinski definition) is 3. The van der Waals surface area contributed by atoms with Gasteiger partial charge in [-0.1, -0.05) is 0 Å². The van der Waals surface area contributed by atoms with Crippen LogP contribution in [0.25, 0.3) is 0 Å². The maximum atomic E-state index is 12.8. The van der Waals surface area contributed by atoms with Gasteiger partial charge in [0.2, 0.25) is 5.82 Å². The van der Waals surface area contributed by atoms with Crippen LogP contribution in [0, 0.1) is 29.1 Å². The lowest BCUT2D eigenvalue weighted by molar-refractivity contribution is 0.0873. The minimum Gasteiger partial charge on any atom is -0.393 e. The topological polar surface area (TPSA) is 77.8 Å². The van der Waals surface area contributed by atoms with E-state index in [-0.39, 0.29) is 0 Å². The Morgan fingerprint density at radius 2 is 1.20 bits per heavy atom. The molecule has 0 saturated carbocycles. The van der Waals surface area contributed by atoms with Crippen molar-refractivity contribution >= 4 is 28.6 Å². The van der Waals surface area contributed by atoms with E-state index in [1.54, 1.807) is 0 Å². The highest BCUT2D eigenvalue weighted by Gasteiger charge is 2.29. The number of aliphatic hydroxyl groups excluding tert-OH is 2. The van der Waals surface area contributed by atoms with Crippen molar-refractivity contribution in [2.75, 3.05) is 6.61 Å². The lowest BCUT2D eigenvalue weighted by Gasteiger charge is -2.11.